The number of carbonyl (C=O) groups is 1. The Morgan fingerprint density at radius 2 is 1.70 bits per heavy atom. The van der Waals surface area contributed by atoms with Crippen molar-refractivity contribution in [1.29, 1.82) is 0 Å². The van der Waals surface area contributed by atoms with Crippen molar-refractivity contribution in [2.45, 2.75) is 32.1 Å². The highest BCUT2D eigenvalue weighted by Crippen LogP contribution is 2.28. The Morgan fingerprint density at radius 3 is 2.47 bits per heavy atom. The second-order valence-corrected chi connectivity index (χ2v) is 8.35. The molecule has 0 N–H and O–H groups in total. The van der Waals surface area contributed by atoms with Crippen LogP contribution in [-0.4, -0.2) is 42.1 Å². The minimum absolute atomic E-state index is 0.282. The molecular weight excluding hydrogens is 374 g/mol. The van der Waals surface area contributed by atoms with Gasteiger partial charge in [0.15, 0.2) is 0 Å². The van der Waals surface area contributed by atoms with Crippen molar-refractivity contribution in [3.05, 3.63) is 54.2 Å². The standard InChI is InChI=1S/C25H27N3O2/c29-24(20-3-1-2-4-20)15-18-5-7-19(8-6-18)21-9-10-22-23(16-21)27-25(17-26-22)28-11-13-30-14-12-28/h5-10,16-17,20H,1-4,11-15H2. The average molecular weight is 402 g/mol. The SMILES string of the molecule is O=C(Cc1ccc(-c2ccc3ncc(N4CCOCC4)nc3c2)cc1)C1CCCC1. The second-order valence-electron chi connectivity index (χ2n) is 8.35. The molecule has 0 bridgehead atoms. The van der Waals surface area contributed by atoms with E-state index in [1.807, 2.05) is 12.3 Å². The Kier molecular flexibility index (Phi) is 5.45. The van der Waals surface area contributed by atoms with Crippen molar-refractivity contribution < 1.29 is 9.53 Å². The number of ether oxygens (including phenoxy) is 1. The fourth-order valence-corrected chi connectivity index (χ4v) is 4.53. The van der Waals surface area contributed by atoms with Gasteiger partial charge in [-0.3, -0.25) is 9.78 Å². The lowest BCUT2D eigenvalue weighted by atomic mass is 9.95. The molecule has 1 saturated heterocycles. The summed E-state index contributed by atoms with van der Waals surface area (Å²) in [5.41, 5.74) is 5.15. The van der Waals surface area contributed by atoms with Crippen molar-refractivity contribution in [1.82, 2.24) is 9.97 Å². The maximum Gasteiger partial charge on any atom is 0.148 e. The van der Waals surface area contributed by atoms with E-state index < -0.39 is 0 Å². The van der Waals surface area contributed by atoms with E-state index in [1.165, 1.54) is 12.8 Å². The van der Waals surface area contributed by atoms with Crippen LogP contribution in [-0.2, 0) is 16.0 Å². The number of hydrogen-bond acceptors (Lipinski definition) is 5. The number of nitrogens with zero attached hydrogens (tertiary/aromatic N) is 3. The summed E-state index contributed by atoms with van der Waals surface area (Å²) in [6, 6.07) is 14.6. The molecule has 0 amide bonds. The number of ketones is 1. The third kappa shape index (κ3) is 4.08. The topological polar surface area (TPSA) is 55.3 Å². The molecule has 5 nitrogen and oxygen atoms in total. The zero-order valence-electron chi connectivity index (χ0n) is 17.2. The van der Waals surface area contributed by atoms with E-state index in [2.05, 4.69) is 46.3 Å². The van der Waals surface area contributed by atoms with Gasteiger partial charge < -0.3 is 9.64 Å². The summed E-state index contributed by atoms with van der Waals surface area (Å²) in [5, 5.41) is 0. The van der Waals surface area contributed by atoms with Crippen molar-refractivity contribution >= 4 is 22.6 Å². The zero-order chi connectivity index (χ0) is 20.3. The van der Waals surface area contributed by atoms with Crippen molar-refractivity contribution in [2.75, 3.05) is 31.2 Å². The number of morpholine rings is 1. The maximum atomic E-state index is 12.5. The van der Waals surface area contributed by atoms with E-state index in [1.54, 1.807) is 0 Å². The monoisotopic (exact) mass is 401 g/mol. The summed E-state index contributed by atoms with van der Waals surface area (Å²) in [7, 11) is 0. The Balaban J connectivity index is 1.35. The first-order valence-electron chi connectivity index (χ1n) is 11.0. The van der Waals surface area contributed by atoms with Crippen LogP contribution in [0, 0.1) is 5.92 Å². The average Bonchev–Trinajstić information content (AvgIpc) is 3.35. The number of rotatable bonds is 5. The minimum Gasteiger partial charge on any atom is -0.378 e. The van der Waals surface area contributed by atoms with E-state index in [0.717, 1.165) is 72.7 Å². The van der Waals surface area contributed by atoms with Gasteiger partial charge in [-0.15, -0.1) is 0 Å². The van der Waals surface area contributed by atoms with Gasteiger partial charge in [-0.1, -0.05) is 43.2 Å². The summed E-state index contributed by atoms with van der Waals surface area (Å²) in [4.78, 5) is 24.1. The van der Waals surface area contributed by atoms with Gasteiger partial charge in [-0.25, -0.2) is 4.98 Å². The molecule has 2 aromatic carbocycles. The van der Waals surface area contributed by atoms with Gasteiger partial charge in [-0.2, -0.15) is 0 Å². The van der Waals surface area contributed by atoms with Gasteiger partial charge in [0.1, 0.15) is 11.6 Å². The first-order valence-corrected chi connectivity index (χ1v) is 11.0. The number of carbonyl (C=O) groups excluding carboxylic acids is 1. The summed E-state index contributed by atoms with van der Waals surface area (Å²) in [5.74, 6) is 1.59. The third-order valence-corrected chi connectivity index (χ3v) is 6.34. The predicted molar refractivity (Wildman–Crippen MR) is 119 cm³/mol. The predicted octanol–water partition coefficient (Wildman–Crippen LogP) is 4.44. The molecule has 0 radical (unpaired) electrons. The molecule has 154 valence electrons. The first-order chi connectivity index (χ1) is 14.8. The van der Waals surface area contributed by atoms with Gasteiger partial charge in [0.25, 0.3) is 0 Å². The molecule has 0 atom stereocenters. The summed E-state index contributed by atoms with van der Waals surface area (Å²) in [6.07, 6.45) is 6.95. The lowest BCUT2D eigenvalue weighted by molar-refractivity contribution is -0.122. The Labute approximate surface area is 177 Å². The molecule has 5 rings (SSSR count). The van der Waals surface area contributed by atoms with Crippen molar-refractivity contribution in [3.63, 3.8) is 0 Å². The maximum absolute atomic E-state index is 12.5. The smallest absolute Gasteiger partial charge is 0.148 e. The van der Waals surface area contributed by atoms with Crippen LogP contribution < -0.4 is 4.90 Å². The molecule has 0 spiro atoms. The molecule has 1 saturated carbocycles. The van der Waals surface area contributed by atoms with Crippen LogP contribution in [0.5, 0.6) is 0 Å². The van der Waals surface area contributed by atoms with Crippen molar-refractivity contribution in [3.8, 4) is 11.1 Å². The second kappa shape index (κ2) is 8.52. The molecule has 5 heteroatoms. The number of Topliss-reactive ketones (excluding diaryl/α,β-unsaturated/α-hetero) is 1. The molecule has 2 fully saturated rings. The molecule has 0 unspecified atom stereocenters. The summed E-state index contributed by atoms with van der Waals surface area (Å²) >= 11 is 0. The highest BCUT2D eigenvalue weighted by Gasteiger charge is 2.22. The first kappa shape index (κ1) is 19.2. The Morgan fingerprint density at radius 1 is 0.967 bits per heavy atom. The van der Waals surface area contributed by atoms with E-state index in [4.69, 9.17) is 9.72 Å². The quantitative estimate of drug-likeness (QED) is 0.633. The van der Waals surface area contributed by atoms with E-state index >= 15 is 0 Å². The number of benzene rings is 2. The van der Waals surface area contributed by atoms with Crippen LogP contribution in [0.2, 0.25) is 0 Å². The van der Waals surface area contributed by atoms with E-state index in [9.17, 15) is 4.79 Å². The highest BCUT2D eigenvalue weighted by atomic mass is 16.5. The van der Waals surface area contributed by atoms with Crippen LogP contribution in [0.25, 0.3) is 22.2 Å². The summed E-state index contributed by atoms with van der Waals surface area (Å²) < 4.78 is 5.44. The fourth-order valence-electron chi connectivity index (χ4n) is 4.53. The van der Waals surface area contributed by atoms with Crippen LogP contribution in [0.4, 0.5) is 5.82 Å². The minimum atomic E-state index is 0.282. The van der Waals surface area contributed by atoms with Gasteiger partial charge >= 0.3 is 0 Å². The lowest BCUT2D eigenvalue weighted by Gasteiger charge is -2.27. The number of aromatic nitrogens is 2. The van der Waals surface area contributed by atoms with Gasteiger partial charge in [0, 0.05) is 25.4 Å². The third-order valence-electron chi connectivity index (χ3n) is 6.34. The summed E-state index contributed by atoms with van der Waals surface area (Å²) in [6.45, 7) is 3.16. The van der Waals surface area contributed by atoms with E-state index in [0.29, 0.717) is 12.2 Å². The highest BCUT2D eigenvalue weighted by molar-refractivity contribution is 5.84. The van der Waals surface area contributed by atoms with Crippen LogP contribution in [0.3, 0.4) is 0 Å². The number of hydrogen-bond donors (Lipinski definition) is 0. The van der Waals surface area contributed by atoms with Gasteiger partial charge in [-0.05, 0) is 41.7 Å². The van der Waals surface area contributed by atoms with Crippen LogP contribution in [0.1, 0.15) is 31.2 Å². The van der Waals surface area contributed by atoms with Crippen molar-refractivity contribution in [2.24, 2.45) is 5.92 Å². The molecular formula is C25H27N3O2. The Hall–Kier alpha value is -2.79. The van der Waals surface area contributed by atoms with Crippen LogP contribution in [0.15, 0.2) is 48.7 Å². The molecule has 3 aromatic rings. The fraction of sp³-hybridized carbons (Fsp3) is 0.400. The molecule has 1 aromatic heterocycles. The number of fused-ring (bicyclic) bond motifs is 1. The molecule has 1 aliphatic heterocycles. The van der Waals surface area contributed by atoms with Gasteiger partial charge in [0.05, 0.1) is 30.4 Å². The zero-order valence-corrected chi connectivity index (χ0v) is 17.2. The molecule has 2 aliphatic rings. The van der Waals surface area contributed by atoms with E-state index in [-0.39, 0.29) is 5.92 Å². The number of anilines is 1. The normalized spacial score (nSPS) is 17.5. The van der Waals surface area contributed by atoms with Gasteiger partial charge in [0.2, 0.25) is 0 Å². The lowest BCUT2D eigenvalue weighted by Crippen LogP contribution is -2.36. The molecule has 1 aliphatic carbocycles. The molecule has 30 heavy (non-hydrogen) atoms. The van der Waals surface area contributed by atoms with Crippen LogP contribution >= 0.6 is 0 Å². The largest absolute Gasteiger partial charge is 0.378 e. The molecule has 2 heterocycles. The Bertz CT molecular complexity index is 1040.